The minimum atomic E-state index is 0.529. The van der Waals surface area contributed by atoms with Gasteiger partial charge in [0.05, 0.1) is 0 Å². The molecule has 1 heterocycles. The van der Waals surface area contributed by atoms with Crippen LogP contribution in [0.15, 0.2) is 48.8 Å². The van der Waals surface area contributed by atoms with Crippen molar-refractivity contribution in [3.63, 3.8) is 0 Å². The third-order valence-corrected chi connectivity index (χ3v) is 3.85. The molecule has 0 aliphatic heterocycles. The molecule has 1 aromatic carbocycles. The normalized spacial score (nSPS) is 12.3. The van der Waals surface area contributed by atoms with E-state index in [9.17, 15) is 0 Å². The zero-order valence-corrected chi connectivity index (χ0v) is 12.2. The molecule has 1 nitrogen and oxygen atoms in total. The molecule has 2 heteroatoms. The van der Waals surface area contributed by atoms with E-state index in [-0.39, 0.29) is 0 Å². The van der Waals surface area contributed by atoms with E-state index < -0.39 is 0 Å². The largest absolute Gasteiger partial charge is 0.265 e. The van der Waals surface area contributed by atoms with E-state index in [0.29, 0.717) is 4.83 Å². The summed E-state index contributed by atoms with van der Waals surface area (Å²) in [5, 5.41) is 0. The van der Waals surface area contributed by atoms with Gasteiger partial charge in [0.2, 0.25) is 0 Å². The molecule has 94 valence electrons. The molecule has 0 radical (unpaired) electrons. The summed E-state index contributed by atoms with van der Waals surface area (Å²) in [6, 6.07) is 13.0. The second-order valence-corrected chi connectivity index (χ2v) is 5.98. The van der Waals surface area contributed by atoms with Crippen molar-refractivity contribution in [1.29, 1.82) is 0 Å². The lowest BCUT2D eigenvalue weighted by molar-refractivity contribution is 0.762. The van der Waals surface area contributed by atoms with Crippen LogP contribution in [0.3, 0.4) is 0 Å². The predicted molar refractivity (Wildman–Crippen MR) is 80.2 cm³/mol. The van der Waals surface area contributed by atoms with E-state index in [0.717, 1.165) is 19.3 Å². The molecule has 0 saturated carbocycles. The first-order chi connectivity index (χ1) is 8.74. The Labute approximate surface area is 117 Å². The lowest BCUT2D eigenvalue weighted by atomic mass is 10.0. The van der Waals surface area contributed by atoms with Gasteiger partial charge in [0.25, 0.3) is 0 Å². The van der Waals surface area contributed by atoms with Gasteiger partial charge < -0.3 is 0 Å². The summed E-state index contributed by atoms with van der Waals surface area (Å²) >= 11 is 3.77. The molecule has 2 rings (SSSR count). The Hall–Kier alpha value is -1.15. The predicted octanol–water partition coefficient (Wildman–Crippen LogP) is 4.33. The van der Waals surface area contributed by atoms with Gasteiger partial charge in [0, 0.05) is 17.2 Å². The topological polar surface area (TPSA) is 12.9 Å². The number of hydrogen-bond acceptors (Lipinski definition) is 1. The van der Waals surface area contributed by atoms with Crippen LogP contribution in [0.2, 0.25) is 0 Å². The molecule has 0 amide bonds. The average Bonchev–Trinajstić information content (AvgIpc) is 2.39. The van der Waals surface area contributed by atoms with Crippen LogP contribution in [-0.4, -0.2) is 9.81 Å². The summed E-state index contributed by atoms with van der Waals surface area (Å²) < 4.78 is 0. The lowest BCUT2D eigenvalue weighted by Gasteiger charge is -2.09. The molecular formula is C16H18BrN. The third-order valence-electron chi connectivity index (χ3n) is 3.07. The number of hydrogen-bond donors (Lipinski definition) is 0. The molecule has 0 aliphatic carbocycles. The number of pyridine rings is 1. The summed E-state index contributed by atoms with van der Waals surface area (Å²) in [5.41, 5.74) is 4.08. The maximum atomic E-state index is 4.04. The molecule has 2 aromatic rings. The molecule has 0 saturated heterocycles. The number of aromatic nitrogens is 1. The number of nitrogens with zero attached hydrogens (tertiary/aromatic N) is 1. The Morgan fingerprint density at radius 3 is 2.33 bits per heavy atom. The molecular weight excluding hydrogens is 286 g/mol. The van der Waals surface area contributed by atoms with Gasteiger partial charge in [-0.3, -0.25) is 4.98 Å². The summed E-state index contributed by atoms with van der Waals surface area (Å²) in [4.78, 5) is 4.57. The Morgan fingerprint density at radius 1 is 1.00 bits per heavy atom. The van der Waals surface area contributed by atoms with Crippen LogP contribution in [0.1, 0.15) is 23.1 Å². The highest BCUT2D eigenvalue weighted by atomic mass is 79.9. The van der Waals surface area contributed by atoms with E-state index in [1.54, 1.807) is 0 Å². The van der Waals surface area contributed by atoms with Gasteiger partial charge in [-0.25, -0.2) is 0 Å². The lowest BCUT2D eigenvalue weighted by Crippen LogP contribution is -2.04. The van der Waals surface area contributed by atoms with Crippen LogP contribution < -0.4 is 0 Å². The number of benzene rings is 1. The van der Waals surface area contributed by atoms with E-state index in [1.807, 2.05) is 12.4 Å². The van der Waals surface area contributed by atoms with Gasteiger partial charge in [-0.2, -0.15) is 0 Å². The first-order valence-corrected chi connectivity index (χ1v) is 7.24. The fraction of sp³-hybridized carbons (Fsp3) is 0.312. The van der Waals surface area contributed by atoms with Gasteiger partial charge >= 0.3 is 0 Å². The Kier molecular flexibility index (Phi) is 4.94. The first-order valence-electron chi connectivity index (χ1n) is 6.32. The van der Waals surface area contributed by atoms with Crippen molar-refractivity contribution in [1.82, 2.24) is 4.98 Å². The standard InChI is InChI=1S/C16H18BrN/c1-13-2-4-14(5-3-13)6-7-16(17)12-15-8-10-18-11-9-15/h2-5,8-11,16H,6-7,12H2,1H3. The van der Waals surface area contributed by atoms with Crippen molar-refractivity contribution in [2.75, 3.05) is 0 Å². The fourth-order valence-corrected chi connectivity index (χ4v) is 2.56. The second-order valence-electron chi connectivity index (χ2n) is 4.68. The smallest absolute Gasteiger partial charge is 0.0270 e. The molecule has 18 heavy (non-hydrogen) atoms. The minimum Gasteiger partial charge on any atom is -0.265 e. The molecule has 0 N–H and O–H groups in total. The van der Waals surface area contributed by atoms with E-state index in [2.05, 4.69) is 64.2 Å². The van der Waals surface area contributed by atoms with Crippen molar-refractivity contribution >= 4 is 15.9 Å². The highest BCUT2D eigenvalue weighted by Crippen LogP contribution is 2.16. The highest BCUT2D eigenvalue weighted by Gasteiger charge is 2.05. The summed E-state index contributed by atoms with van der Waals surface area (Å²) in [6.07, 6.45) is 7.06. The third kappa shape index (κ3) is 4.26. The SMILES string of the molecule is Cc1ccc(CCC(Br)Cc2ccncc2)cc1. The van der Waals surface area contributed by atoms with E-state index >= 15 is 0 Å². The van der Waals surface area contributed by atoms with Gasteiger partial charge in [-0.05, 0) is 49.4 Å². The van der Waals surface area contributed by atoms with Gasteiger partial charge in [0.15, 0.2) is 0 Å². The van der Waals surface area contributed by atoms with Crippen molar-refractivity contribution in [3.05, 3.63) is 65.5 Å². The van der Waals surface area contributed by atoms with Crippen LogP contribution in [0.25, 0.3) is 0 Å². The monoisotopic (exact) mass is 303 g/mol. The summed E-state index contributed by atoms with van der Waals surface area (Å²) in [5.74, 6) is 0. The maximum Gasteiger partial charge on any atom is 0.0270 e. The second kappa shape index (κ2) is 6.69. The first kappa shape index (κ1) is 13.3. The number of halogens is 1. The van der Waals surface area contributed by atoms with Crippen molar-refractivity contribution in [3.8, 4) is 0 Å². The summed E-state index contributed by atoms with van der Waals surface area (Å²) in [7, 11) is 0. The number of aryl methyl sites for hydroxylation is 2. The van der Waals surface area contributed by atoms with Crippen molar-refractivity contribution < 1.29 is 0 Å². The zero-order chi connectivity index (χ0) is 12.8. The molecule has 1 unspecified atom stereocenters. The zero-order valence-electron chi connectivity index (χ0n) is 10.6. The van der Waals surface area contributed by atoms with Crippen LogP contribution in [0.4, 0.5) is 0 Å². The number of rotatable bonds is 5. The molecule has 0 fully saturated rings. The van der Waals surface area contributed by atoms with Crippen LogP contribution in [-0.2, 0) is 12.8 Å². The van der Waals surface area contributed by atoms with Gasteiger partial charge in [-0.15, -0.1) is 0 Å². The Morgan fingerprint density at radius 2 is 1.67 bits per heavy atom. The molecule has 0 aliphatic rings. The molecule has 1 aromatic heterocycles. The Bertz CT molecular complexity index is 464. The fourth-order valence-electron chi connectivity index (χ4n) is 1.95. The van der Waals surface area contributed by atoms with Crippen LogP contribution >= 0.6 is 15.9 Å². The minimum absolute atomic E-state index is 0.529. The summed E-state index contributed by atoms with van der Waals surface area (Å²) in [6.45, 7) is 2.13. The molecule has 0 spiro atoms. The number of alkyl halides is 1. The van der Waals surface area contributed by atoms with Crippen LogP contribution in [0, 0.1) is 6.92 Å². The average molecular weight is 304 g/mol. The van der Waals surface area contributed by atoms with Gasteiger partial charge in [0.1, 0.15) is 0 Å². The van der Waals surface area contributed by atoms with Crippen molar-refractivity contribution in [2.45, 2.75) is 31.0 Å². The highest BCUT2D eigenvalue weighted by molar-refractivity contribution is 9.09. The van der Waals surface area contributed by atoms with Crippen LogP contribution in [0.5, 0.6) is 0 Å². The maximum absolute atomic E-state index is 4.04. The molecule has 0 bridgehead atoms. The van der Waals surface area contributed by atoms with Crippen molar-refractivity contribution in [2.24, 2.45) is 0 Å². The Balaban J connectivity index is 1.81. The quantitative estimate of drug-likeness (QED) is 0.749. The van der Waals surface area contributed by atoms with E-state index in [4.69, 9.17) is 0 Å². The molecule has 1 atom stereocenters. The van der Waals surface area contributed by atoms with Gasteiger partial charge in [-0.1, -0.05) is 45.8 Å². The van der Waals surface area contributed by atoms with E-state index in [1.165, 1.54) is 16.7 Å².